The predicted octanol–water partition coefficient (Wildman–Crippen LogP) is 4.37. The molecule has 0 radical (unpaired) electrons. The number of aromatic nitrogens is 1. The lowest BCUT2D eigenvalue weighted by Gasteiger charge is -2.10. The Morgan fingerprint density at radius 3 is 2.32 bits per heavy atom. The molecule has 0 aliphatic heterocycles. The number of fused-ring (bicyclic) bond motifs is 1. The second-order valence-corrected chi connectivity index (χ2v) is 4.58. The fourth-order valence-electron chi connectivity index (χ4n) is 2.11. The molecule has 0 saturated heterocycles. The summed E-state index contributed by atoms with van der Waals surface area (Å²) in [6.07, 6.45) is 1.56. The Kier molecular flexibility index (Phi) is 3.66. The van der Waals surface area contributed by atoms with Gasteiger partial charge >= 0.3 is 0 Å². The molecule has 22 heavy (non-hydrogen) atoms. The van der Waals surface area contributed by atoms with Crippen LogP contribution in [-0.2, 0) is 6.61 Å². The summed E-state index contributed by atoms with van der Waals surface area (Å²) < 4.78 is 58.3. The molecule has 0 fully saturated rings. The highest BCUT2D eigenvalue weighted by Gasteiger charge is 2.20. The van der Waals surface area contributed by atoms with Crippen molar-refractivity contribution in [3.8, 4) is 5.75 Å². The number of benzene rings is 2. The average Bonchev–Trinajstić information content (AvgIpc) is 2.53. The Morgan fingerprint density at radius 1 is 0.909 bits per heavy atom. The number of rotatable bonds is 3. The molecule has 3 rings (SSSR count). The number of hydrogen-bond acceptors (Lipinski definition) is 2. The number of hydrogen-bond donors (Lipinski definition) is 0. The van der Waals surface area contributed by atoms with Gasteiger partial charge in [-0.3, -0.25) is 4.98 Å². The van der Waals surface area contributed by atoms with E-state index in [1.54, 1.807) is 24.4 Å². The summed E-state index contributed by atoms with van der Waals surface area (Å²) in [6.45, 7) is -0.273. The van der Waals surface area contributed by atoms with Crippen molar-refractivity contribution in [1.29, 1.82) is 0 Å². The lowest BCUT2D eigenvalue weighted by atomic mass is 10.1. The van der Waals surface area contributed by atoms with Gasteiger partial charge in [0.25, 0.3) is 0 Å². The summed E-state index contributed by atoms with van der Waals surface area (Å²) in [5.41, 5.74) is 1.13. The van der Waals surface area contributed by atoms with E-state index in [2.05, 4.69) is 4.98 Å². The van der Waals surface area contributed by atoms with Gasteiger partial charge in [0.2, 0.25) is 11.6 Å². The molecule has 0 aliphatic carbocycles. The van der Waals surface area contributed by atoms with Gasteiger partial charge in [-0.05, 0) is 6.07 Å². The molecular weight excluding hydrogens is 298 g/mol. The standard InChI is InChI=1S/C16H9F4NO/c17-11-7-12(18)14(20)16(13(11)19)22-8-10-4-1-3-9-5-2-6-21-15(9)10/h1-7H,8H2. The first-order valence-electron chi connectivity index (χ1n) is 6.36. The lowest BCUT2D eigenvalue weighted by Crippen LogP contribution is -2.04. The fraction of sp³-hybridized carbons (Fsp3) is 0.0625. The Morgan fingerprint density at radius 2 is 1.59 bits per heavy atom. The minimum absolute atomic E-state index is 0.136. The molecule has 3 aromatic rings. The van der Waals surface area contributed by atoms with Crippen molar-refractivity contribution in [2.24, 2.45) is 0 Å². The number of pyridine rings is 1. The third kappa shape index (κ3) is 2.47. The molecule has 1 aromatic heterocycles. The van der Waals surface area contributed by atoms with E-state index >= 15 is 0 Å². The topological polar surface area (TPSA) is 22.1 Å². The van der Waals surface area contributed by atoms with E-state index in [9.17, 15) is 17.6 Å². The Balaban J connectivity index is 1.95. The maximum atomic E-state index is 13.5. The van der Waals surface area contributed by atoms with Gasteiger partial charge in [-0.2, -0.15) is 8.78 Å². The van der Waals surface area contributed by atoms with Gasteiger partial charge in [0.05, 0.1) is 5.52 Å². The Hall–Kier alpha value is -2.63. The molecule has 6 heteroatoms. The molecule has 0 atom stereocenters. The summed E-state index contributed by atoms with van der Waals surface area (Å²) in [4.78, 5) is 4.16. The van der Waals surface area contributed by atoms with E-state index in [1.807, 2.05) is 12.1 Å². The number of nitrogens with zero attached hydrogens (tertiary/aromatic N) is 1. The van der Waals surface area contributed by atoms with E-state index in [-0.39, 0.29) is 12.7 Å². The number of para-hydroxylation sites is 1. The van der Waals surface area contributed by atoms with Crippen LogP contribution in [0.4, 0.5) is 17.6 Å². The fourth-order valence-corrected chi connectivity index (χ4v) is 2.11. The van der Waals surface area contributed by atoms with Gasteiger partial charge in [0.15, 0.2) is 17.4 Å². The molecule has 0 N–H and O–H groups in total. The van der Waals surface area contributed by atoms with Crippen LogP contribution in [0, 0.1) is 23.3 Å². The Bertz CT molecular complexity index is 819. The molecule has 0 saturated carbocycles. The third-order valence-corrected chi connectivity index (χ3v) is 3.16. The van der Waals surface area contributed by atoms with Crippen LogP contribution in [0.25, 0.3) is 10.9 Å². The third-order valence-electron chi connectivity index (χ3n) is 3.16. The summed E-state index contributed by atoms with van der Waals surface area (Å²) in [5, 5.41) is 0.815. The van der Waals surface area contributed by atoms with Gasteiger partial charge < -0.3 is 4.74 Å². The van der Waals surface area contributed by atoms with Gasteiger partial charge in [-0.1, -0.05) is 24.3 Å². The molecule has 0 unspecified atom stereocenters. The van der Waals surface area contributed by atoms with Crippen molar-refractivity contribution >= 4 is 10.9 Å². The van der Waals surface area contributed by atoms with E-state index in [1.165, 1.54) is 0 Å². The normalized spacial score (nSPS) is 10.9. The zero-order valence-electron chi connectivity index (χ0n) is 11.1. The SMILES string of the molecule is Fc1cc(F)c(F)c(OCc2cccc3cccnc23)c1F. The molecule has 0 aliphatic rings. The summed E-state index contributed by atoms with van der Waals surface area (Å²) in [5.74, 6) is -7.22. The lowest BCUT2D eigenvalue weighted by molar-refractivity contribution is 0.262. The first-order chi connectivity index (χ1) is 10.6. The molecule has 2 nitrogen and oxygen atoms in total. The smallest absolute Gasteiger partial charge is 0.203 e. The first-order valence-corrected chi connectivity index (χ1v) is 6.36. The van der Waals surface area contributed by atoms with Crippen molar-refractivity contribution < 1.29 is 22.3 Å². The second-order valence-electron chi connectivity index (χ2n) is 4.58. The quantitative estimate of drug-likeness (QED) is 0.529. The van der Waals surface area contributed by atoms with Crippen LogP contribution < -0.4 is 4.74 Å². The van der Waals surface area contributed by atoms with E-state index in [4.69, 9.17) is 4.74 Å². The van der Waals surface area contributed by atoms with Crippen molar-refractivity contribution in [3.05, 3.63) is 71.4 Å². The largest absolute Gasteiger partial charge is 0.483 e. The summed E-state index contributed by atoms with van der Waals surface area (Å²) in [7, 11) is 0. The molecular formula is C16H9F4NO. The van der Waals surface area contributed by atoms with Gasteiger partial charge in [0.1, 0.15) is 6.61 Å². The first kappa shape index (κ1) is 14.3. The zero-order valence-corrected chi connectivity index (χ0v) is 11.1. The molecule has 112 valence electrons. The number of ether oxygens (including phenoxy) is 1. The molecule has 0 amide bonds. The van der Waals surface area contributed by atoms with Crippen LogP contribution in [0.5, 0.6) is 5.75 Å². The maximum absolute atomic E-state index is 13.5. The minimum Gasteiger partial charge on any atom is -0.483 e. The highest BCUT2D eigenvalue weighted by atomic mass is 19.2. The van der Waals surface area contributed by atoms with Crippen molar-refractivity contribution in [2.75, 3.05) is 0 Å². The van der Waals surface area contributed by atoms with E-state index in [0.717, 1.165) is 5.39 Å². The van der Waals surface area contributed by atoms with Crippen LogP contribution in [-0.4, -0.2) is 4.98 Å². The minimum atomic E-state index is -1.56. The van der Waals surface area contributed by atoms with Gasteiger partial charge in [-0.15, -0.1) is 0 Å². The van der Waals surface area contributed by atoms with Crippen LogP contribution in [0.15, 0.2) is 42.6 Å². The average molecular weight is 307 g/mol. The second kappa shape index (κ2) is 5.63. The molecule has 0 bridgehead atoms. The van der Waals surface area contributed by atoms with Gasteiger partial charge in [0, 0.05) is 23.2 Å². The van der Waals surface area contributed by atoms with Crippen LogP contribution in [0.3, 0.4) is 0 Å². The monoisotopic (exact) mass is 307 g/mol. The summed E-state index contributed by atoms with van der Waals surface area (Å²) in [6, 6.07) is 8.89. The highest BCUT2D eigenvalue weighted by Crippen LogP contribution is 2.28. The molecule has 1 heterocycles. The van der Waals surface area contributed by atoms with Gasteiger partial charge in [-0.25, -0.2) is 8.78 Å². The van der Waals surface area contributed by atoms with Crippen molar-refractivity contribution in [2.45, 2.75) is 6.61 Å². The predicted molar refractivity (Wildman–Crippen MR) is 72.3 cm³/mol. The molecule has 0 spiro atoms. The summed E-state index contributed by atoms with van der Waals surface area (Å²) >= 11 is 0. The van der Waals surface area contributed by atoms with Crippen molar-refractivity contribution in [3.63, 3.8) is 0 Å². The van der Waals surface area contributed by atoms with Crippen LogP contribution >= 0.6 is 0 Å². The van der Waals surface area contributed by atoms with E-state index < -0.39 is 29.0 Å². The van der Waals surface area contributed by atoms with Crippen molar-refractivity contribution in [1.82, 2.24) is 4.98 Å². The highest BCUT2D eigenvalue weighted by molar-refractivity contribution is 5.81. The Labute approximate surface area is 123 Å². The van der Waals surface area contributed by atoms with Crippen LogP contribution in [0.2, 0.25) is 0 Å². The molecule has 2 aromatic carbocycles. The zero-order chi connectivity index (χ0) is 15.7. The maximum Gasteiger partial charge on any atom is 0.203 e. The van der Waals surface area contributed by atoms with Crippen LogP contribution in [0.1, 0.15) is 5.56 Å². The number of halogens is 4. The van der Waals surface area contributed by atoms with E-state index in [0.29, 0.717) is 11.1 Å².